The fraction of sp³-hybridized carbons (Fsp3) is 0.120. The minimum atomic E-state index is -4.57. The standard InChI is InChI=1S/C25H16ClF5N6O2/c26-15-3-1-14(2-4-15)11-37-22-21(36(13-32-22)12-25(29,30)31)23(38)35-24(37)33-17-5-7-18(8-6-17)39-20-10-16(27)9-19(28)34-20/h1-10,13H,11-12H2,(H,33,35,38). The molecule has 0 unspecified atom stereocenters. The SMILES string of the molecule is O=c1nc(Nc2ccc(Oc3cc(F)cc(F)n3)cc2)n(Cc2ccc(Cl)cc2)c2ncn(CC(F)(F)F)c12. The number of hydrogen-bond donors (Lipinski definition) is 1. The number of nitrogens with one attached hydrogen (secondary N) is 1. The third-order valence-electron chi connectivity index (χ3n) is 5.41. The molecular weight excluding hydrogens is 547 g/mol. The quantitative estimate of drug-likeness (QED) is 0.191. The van der Waals surface area contributed by atoms with Crippen molar-refractivity contribution in [3.8, 4) is 11.6 Å². The Morgan fingerprint density at radius 1 is 0.974 bits per heavy atom. The van der Waals surface area contributed by atoms with Crippen LogP contribution in [0, 0.1) is 11.8 Å². The molecule has 0 radical (unpaired) electrons. The van der Waals surface area contributed by atoms with Crippen LogP contribution in [0.25, 0.3) is 11.2 Å². The van der Waals surface area contributed by atoms with Crippen LogP contribution in [0.15, 0.2) is 71.8 Å². The molecule has 1 N–H and O–H groups in total. The average molecular weight is 563 g/mol. The number of rotatable bonds is 7. The van der Waals surface area contributed by atoms with Crippen molar-refractivity contribution in [1.29, 1.82) is 0 Å². The number of pyridine rings is 1. The second kappa shape index (κ2) is 10.3. The molecule has 0 bridgehead atoms. The summed E-state index contributed by atoms with van der Waals surface area (Å²) in [6.07, 6.45) is -3.63. The summed E-state index contributed by atoms with van der Waals surface area (Å²) in [5.41, 5.74) is -0.0632. The number of nitrogens with zero attached hydrogens (tertiary/aromatic N) is 5. The van der Waals surface area contributed by atoms with Crippen molar-refractivity contribution >= 4 is 34.4 Å². The number of benzene rings is 2. The predicted molar refractivity (Wildman–Crippen MR) is 132 cm³/mol. The average Bonchev–Trinajstić information content (AvgIpc) is 3.26. The highest BCUT2D eigenvalue weighted by molar-refractivity contribution is 6.30. The highest BCUT2D eigenvalue weighted by atomic mass is 35.5. The van der Waals surface area contributed by atoms with E-state index >= 15 is 0 Å². The van der Waals surface area contributed by atoms with Crippen molar-refractivity contribution in [2.45, 2.75) is 19.3 Å². The molecule has 5 aromatic rings. The lowest BCUT2D eigenvalue weighted by atomic mass is 10.2. The van der Waals surface area contributed by atoms with Crippen LogP contribution in [-0.2, 0) is 13.1 Å². The maximum Gasteiger partial charge on any atom is 0.406 e. The van der Waals surface area contributed by atoms with Gasteiger partial charge in [-0.2, -0.15) is 27.5 Å². The zero-order chi connectivity index (χ0) is 27.7. The number of alkyl halides is 3. The van der Waals surface area contributed by atoms with E-state index in [1.54, 1.807) is 24.3 Å². The molecule has 0 saturated heterocycles. The highest BCUT2D eigenvalue weighted by Crippen LogP contribution is 2.26. The van der Waals surface area contributed by atoms with E-state index in [2.05, 4.69) is 20.3 Å². The Balaban J connectivity index is 1.49. The first-order chi connectivity index (χ1) is 18.5. The van der Waals surface area contributed by atoms with Crippen molar-refractivity contribution < 1.29 is 26.7 Å². The molecule has 200 valence electrons. The minimum Gasteiger partial charge on any atom is -0.439 e. The van der Waals surface area contributed by atoms with Gasteiger partial charge >= 0.3 is 11.7 Å². The molecule has 3 heterocycles. The number of ether oxygens (including phenoxy) is 1. The first kappa shape index (κ1) is 26.1. The zero-order valence-electron chi connectivity index (χ0n) is 19.6. The number of imidazole rings is 1. The Labute approximate surface area is 221 Å². The largest absolute Gasteiger partial charge is 0.439 e. The zero-order valence-corrected chi connectivity index (χ0v) is 20.3. The third-order valence-corrected chi connectivity index (χ3v) is 5.66. The molecule has 0 saturated carbocycles. The van der Waals surface area contributed by atoms with E-state index in [4.69, 9.17) is 16.3 Å². The third kappa shape index (κ3) is 6.14. The lowest BCUT2D eigenvalue weighted by Gasteiger charge is -2.16. The molecule has 0 fully saturated rings. The molecule has 8 nitrogen and oxygen atoms in total. The number of fused-ring (bicyclic) bond motifs is 1. The highest BCUT2D eigenvalue weighted by Gasteiger charge is 2.30. The second-order valence-corrected chi connectivity index (χ2v) is 8.75. The predicted octanol–water partition coefficient (Wildman–Crippen LogP) is 6.07. The van der Waals surface area contributed by atoms with Crippen molar-refractivity contribution in [3.63, 3.8) is 0 Å². The van der Waals surface area contributed by atoms with Gasteiger partial charge in [0, 0.05) is 22.8 Å². The van der Waals surface area contributed by atoms with Gasteiger partial charge in [0.25, 0.3) is 0 Å². The van der Waals surface area contributed by atoms with E-state index in [9.17, 15) is 26.7 Å². The van der Waals surface area contributed by atoms with E-state index in [0.29, 0.717) is 21.3 Å². The summed E-state index contributed by atoms with van der Waals surface area (Å²) in [4.78, 5) is 24.4. The molecule has 0 aliphatic rings. The van der Waals surface area contributed by atoms with Crippen molar-refractivity contribution in [3.05, 3.63) is 99.7 Å². The molecule has 0 spiro atoms. The van der Waals surface area contributed by atoms with E-state index in [1.165, 1.54) is 28.8 Å². The molecule has 14 heteroatoms. The summed E-state index contributed by atoms with van der Waals surface area (Å²) in [5.74, 6) is -1.95. The van der Waals surface area contributed by atoms with Gasteiger partial charge in [-0.15, -0.1) is 0 Å². The van der Waals surface area contributed by atoms with Gasteiger partial charge in [-0.1, -0.05) is 23.7 Å². The number of aromatic nitrogens is 5. The molecule has 2 aromatic carbocycles. The Morgan fingerprint density at radius 3 is 2.36 bits per heavy atom. The lowest BCUT2D eigenvalue weighted by molar-refractivity contribution is -0.140. The first-order valence-corrected chi connectivity index (χ1v) is 11.6. The van der Waals surface area contributed by atoms with Gasteiger partial charge in [-0.25, -0.2) is 9.37 Å². The summed E-state index contributed by atoms with van der Waals surface area (Å²) in [7, 11) is 0. The van der Waals surface area contributed by atoms with Crippen molar-refractivity contribution in [1.82, 2.24) is 24.1 Å². The summed E-state index contributed by atoms with van der Waals surface area (Å²) < 4.78 is 73.5. The van der Waals surface area contributed by atoms with Crippen molar-refractivity contribution in [2.24, 2.45) is 0 Å². The van der Waals surface area contributed by atoms with E-state index in [0.717, 1.165) is 18.0 Å². The smallest absolute Gasteiger partial charge is 0.406 e. The van der Waals surface area contributed by atoms with Crippen LogP contribution in [0.2, 0.25) is 5.02 Å². The van der Waals surface area contributed by atoms with E-state index in [1.807, 2.05) is 0 Å². The van der Waals surface area contributed by atoms with Crippen LogP contribution in [0.5, 0.6) is 11.6 Å². The van der Waals surface area contributed by atoms with Gasteiger partial charge in [0.2, 0.25) is 17.8 Å². The van der Waals surface area contributed by atoms with Crippen LogP contribution in [0.1, 0.15) is 5.56 Å². The topological polar surface area (TPSA) is 86.9 Å². The van der Waals surface area contributed by atoms with Gasteiger partial charge in [0.15, 0.2) is 11.2 Å². The van der Waals surface area contributed by atoms with Gasteiger partial charge in [-0.3, -0.25) is 9.36 Å². The lowest BCUT2D eigenvalue weighted by Crippen LogP contribution is -2.23. The number of hydrogen-bond acceptors (Lipinski definition) is 6. The molecule has 0 amide bonds. The number of halogens is 6. The fourth-order valence-corrected chi connectivity index (χ4v) is 3.91. The summed E-state index contributed by atoms with van der Waals surface area (Å²) in [6, 6.07) is 14.3. The Hall–Kier alpha value is -4.52. The van der Waals surface area contributed by atoms with Gasteiger partial charge in [0.05, 0.1) is 12.9 Å². The first-order valence-electron chi connectivity index (χ1n) is 11.2. The summed E-state index contributed by atoms with van der Waals surface area (Å²) in [5, 5.41) is 3.46. The molecule has 0 aliphatic heterocycles. The van der Waals surface area contributed by atoms with E-state index in [-0.39, 0.29) is 35.3 Å². The molecule has 39 heavy (non-hydrogen) atoms. The van der Waals surface area contributed by atoms with Crippen LogP contribution >= 0.6 is 11.6 Å². The van der Waals surface area contributed by atoms with Gasteiger partial charge in [0.1, 0.15) is 18.1 Å². The Bertz CT molecular complexity index is 1680. The molecule has 3 aromatic heterocycles. The maximum atomic E-state index is 13.4. The number of anilines is 2. The Morgan fingerprint density at radius 2 is 1.69 bits per heavy atom. The van der Waals surface area contributed by atoms with Crippen LogP contribution in [0.4, 0.5) is 33.6 Å². The van der Waals surface area contributed by atoms with Crippen LogP contribution in [0.3, 0.4) is 0 Å². The molecule has 0 aliphatic carbocycles. The second-order valence-electron chi connectivity index (χ2n) is 8.31. The monoisotopic (exact) mass is 562 g/mol. The molecular formula is C25H16ClF5N6O2. The Kier molecular flexibility index (Phi) is 6.91. The molecule has 0 atom stereocenters. The van der Waals surface area contributed by atoms with Crippen LogP contribution in [-0.4, -0.2) is 30.3 Å². The fourth-order valence-electron chi connectivity index (χ4n) is 3.78. The summed E-state index contributed by atoms with van der Waals surface area (Å²) >= 11 is 5.97. The molecule has 5 rings (SSSR count). The van der Waals surface area contributed by atoms with Crippen molar-refractivity contribution in [2.75, 3.05) is 5.32 Å². The summed E-state index contributed by atoms with van der Waals surface area (Å²) in [6.45, 7) is -1.30. The van der Waals surface area contributed by atoms with Gasteiger partial charge < -0.3 is 14.6 Å². The van der Waals surface area contributed by atoms with Gasteiger partial charge in [-0.05, 0) is 42.0 Å². The maximum absolute atomic E-state index is 13.4. The normalized spacial score (nSPS) is 11.6. The van der Waals surface area contributed by atoms with E-state index < -0.39 is 30.0 Å². The minimum absolute atomic E-state index is 0.00383. The van der Waals surface area contributed by atoms with Crippen LogP contribution < -0.4 is 15.6 Å².